The van der Waals surface area contributed by atoms with E-state index in [9.17, 15) is 14.9 Å². The number of carbonyl (C=O) groups is 1. The van der Waals surface area contributed by atoms with Gasteiger partial charge in [0.1, 0.15) is 11.0 Å². The highest BCUT2D eigenvalue weighted by Gasteiger charge is 2.17. The van der Waals surface area contributed by atoms with Crippen molar-refractivity contribution in [3.8, 4) is 5.69 Å². The molecule has 0 saturated heterocycles. The van der Waals surface area contributed by atoms with Gasteiger partial charge in [0.2, 0.25) is 0 Å². The number of aromatic nitrogens is 3. The number of carbonyl (C=O) groups excluding carboxylic acids is 1. The first-order chi connectivity index (χ1) is 14.3. The summed E-state index contributed by atoms with van der Waals surface area (Å²) in [5.41, 5.74) is 3.24. The highest BCUT2D eigenvalue weighted by atomic mass is 35.5. The Morgan fingerprint density at radius 2 is 1.70 bits per heavy atom. The van der Waals surface area contributed by atoms with E-state index in [1.54, 1.807) is 30.3 Å². The highest BCUT2D eigenvalue weighted by molar-refractivity contribution is 6.34. The summed E-state index contributed by atoms with van der Waals surface area (Å²) in [6, 6.07) is 14.3. The fourth-order valence-electron chi connectivity index (χ4n) is 2.88. The zero-order chi connectivity index (χ0) is 21.4. The van der Waals surface area contributed by atoms with Crippen molar-refractivity contribution in [1.29, 1.82) is 0 Å². The summed E-state index contributed by atoms with van der Waals surface area (Å²) in [5.74, 6) is -0.484. The second-order valence-corrected chi connectivity index (χ2v) is 7.34. The molecule has 150 valence electrons. The number of rotatable bonds is 4. The lowest BCUT2D eigenvalue weighted by atomic mass is 10.1. The predicted molar refractivity (Wildman–Crippen MR) is 115 cm³/mol. The number of halogens is 2. The van der Waals surface area contributed by atoms with E-state index in [-0.39, 0.29) is 16.3 Å². The number of amides is 1. The molecule has 0 radical (unpaired) electrons. The molecule has 0 aliphatic carbocycles. The van der Waals surface area contributed by atoms with Crippen LogP contribution in [-0.2, 0) is 0 Å². The van der Waals surface area contributed by atoms with Gasteiger partial charge in [-0.2, -0.15) is 4.80 Å². The summed E-state index contributed by atoms with van der Waals surface area (Å²) in [5, 5.41) is 23.1. The van der Waals surface area contributed by atoms with Gasteiger partial charge >= 0.3 is 0 Å². The second-order valence-electron chi connectivity index (χ2n) is 6.50. The summed E-state index contributed by atoms with van der Waals surface area (Å²) in [4.78, 5) is 24.4. The van der Waals surface area contributed by atoms with Crippen LogP contribution in [0.4, 0.5) is 11.4 Å². The molecule has 0 fully saturated rings. The fourth-order valence-corrected chi connectivity index (χ4v) is 3.27. The van der Waals surface area contributed by atoms with Crippen LogP contribution in [0.25, 0.3) is 16.7 Å². The third kappa shape index (κ3) is 3.83. The molecular weight excluding hydrogens is 429 g/mol. The number of hydrogen-bond donors (Lipinski definition) is 1. The zero-order valence-corrected chi connectivity index (χ0v) is 17.0. The maximum absolute atomic E-state index is 12.6. The van der Waals surface area contributed by atoms with E-state index in [1.165, 1.54) is 16.9 Å². The van der Waals surface area contributed by atoms with E-state index in [4.69, 9.17) is 23.2 Å². The summed E-state index contributed by atoms with van der Waals surface area (Å²) in [7, 11) is 0. The molecule has 10 heteroatoms. The van der Waals surface area contributed by atoms with E-state index < -0.39 is 10.8 Å². The van der Waals surface area contributed by atoms with E-state index in [2.05, 4.69) is 15.5 Å². The van der Waals surface area contributed by atoms with Gasteiger partial charge in [-0.15, -0.1) is 10.2 Å². The van der Waals surface area contributed by atoms with Gasteiger partial charge in [0.25, 0.3) is 11.6 Å². The lowest BCUT2D eigenvalue weighted by Crippen LogP contribution is -2.13. The van der Waals surface area contributed by atoms with Crippen molar-refractivity contribution in [2.45, 2.75) is 6.92 Å². The van der Waals surface area contributed by atoms with Gasteiger partial charge in [-0.25, -0.2) is 0 Å². The van der Waals surface area contributed by atoms with Crippen LogP contribution >= 0.6 is 23.2 Å². The van der Waals surface area contributed by atoms with Gasteiger partial charge in [0.05, 0.1) is 21.2 Å². The molecule has 0 saturated carbocycles. The molecule has 0 aliphatic rings. The van der Waals surface area contributed by atoms with Crippen LogP contribution in [-0.4, -0.2) is 25.8 Å². The van der Waals surface area contributed by atoms with Gasteiger partial charge < -0.3 is 5.32 Å². The first-order valence-corrected chi connectivity index (χ1v) is 9.46. The summed E-state index contributed by atoms with van der Waals surface area (Å²) in [6.07, 6.45) is 0. The average molecular weight is 442 g/mol. The van der Waals surface area contributed by atoms with Gasteiger partial charge in [-0.3, -0.25) is 14.9 Å². The Hall–Kier alpha value is -3.49. The maximum atomic E-state index is 12.6. The number of nitro groups is 1. The first kappa shape index (κ1) is 19.8. The fraction of sp³-hybridized carbons (Fsp3) is 0.0500. The van der Waals surface area contributed by atoms with Crippen molar-refractivity contribution >= 4 is 51.5 Å². The van der Waals surface area contributed by atoms with Crippen LogP contribution in [0.3, 0.4) is 0 Å². The van der Waals surface area contributed by atoms with Crippen LogP contribution in [0.5, 0.6) is 0 Å². The Morgan fingerprint density at radius 3 is 2.33 bits per heavy atom. The standard InChI is InChI=1S/C20H13Cl2N5O3/c1-11-8-18-19(25-26(24-18)13-4-2-12(21)3-5-13)10-17(11)23-20(28)15-7-6-14(27(29)30)9-16(15)22/h2-10H,1H3,(H,23,28). The number of hydrogen-bond acceptors (Lipinski definition) is 5. The Balaban J connectivity index is 1.64. The smallest absolute Gasteiger partial charge is 0.270 e. The molecule has 0 unspecified atom stereocenters. The Bertz CT molecular complexity index is 1300. The molecule has 0 atom stereocenters. The van der Waals surface area contributed by atoms with E-state index in [1.807, 2.05) is 13.0 Å². The minimum absolute atomic E-state index is 0.00545. The van der Waals surface area contributed by atoms with Gasteiger partial charge in [0.15, 0.2) is 0 Å². The molecule has 4 aromatic rings. The Labute approximate surface area is 180 Å². The van der Waals surface area contributed by atoms with Crippen molar-refractivity contribution in [3.05, 3.63) is 85.9 Å². The number of fused-ring (bicyclic) bond motifs is 1. The van der Waals surface area contributed by atoms with Crippen LogP contribution in [0.1, 0.15) is 15.9 Å². The van der Waals surface area contributed by atoms with Crippen molar-refractivity contribution < 1.29 is 9.72 Å². The van der Waals surface area contributed by atoms with Gasteiger partial charge in [-0.1, -0.05) is 23.2 Å². The topological polar surface area (TPSA) is 103 Å². The zero-order valence-electron chi connectivity index (χ0n) is 15.5. The number of benzene rings is 3. The molecule has 1 heterocycles. The Morgan fingerprint density at radius 1 is 1.03 bits per heavy atom. The minimum atomic E-state index is -0.574. The van der Waals surface area contributed by atoms with Crippen LogP contribution in [0, 0.1) is 17.0 Å². The number of nitro benzene ring substituents is 1. The summed E-state index contributed by atoms with van der Waals surface area (Å²) < 4.78 is 0. The van der Waals surface area contributed by atoms with Gasteiger partial charge in [0, 0.05) is 22.8 Å². The Kier molecular flexibility index (Phi) is 5.11. The molecule has 1 N–H and O–H groups in total. The maximum Gasteiger partial charge on any atom is 0.270 e. The third-order valence-corrected chi connectivity index (χ3v) is 5.01. The number of aryl methyl sites for hydroxylation is 1. The van der Waals surface area contributed by atoms with Crippen molar-refractivity contribution in [2.75, 3.05) is 5.32 Å². The van der Waals surface area contributed by atoms with Crippen molar-refractivity contribution in [2.24, 2.45) is 0 Å². The molecule has 0 spiro atoms. The quantitative estimate of drug-likeness (QED) is 0.346. The SMILES string of the molecule is Cc1cc2nn(-c3ccc(Cl)cc3)nc2cc1NC(=O)c1ccc([N+](=O)[O-])cc1Cl. The number of non-ortho nitro benzene ring substituents is 1. The van der Waals surface area contributed by atoms with Crippen LogP contribution in [0.15, 0.2) is 54.6 Å². The molecule has 1 amide bonds. The molecular formula is C20H13Cl2N5O3. The number of nitrogens with one attached hydrogen (secondary N) is 1. The highest BCUT2D eigenvalue weighted by Crippen LogP contribution is 2.26. The normalized spacial score (nSPS) is 10.9. The average Bonchev–Trinajstić information content (AvgIpc) is 3.11. The molecule has 3 aromatic carbocycles. The molecule has 4 rings (SSSR count). The molecule has 30 heavy (non-hydrogen) atoms. The van der Waals surface area contributed by atoms with Crippen molar-refractivity contribution in [3.63, 3.8) is 0 Å². The summed E-state index contributed by atoms with van der Waals surface area (Å²) >= 11 is 12.0. The predicted octanol–water partition coefficient (Wildman–Crippen LogP) is 5.20. The van der Waals surface area contributed by atoms with Crippen LogP contribution in [0.2, 0.25) is 10.0 Å². The summed E-state index contributed by atoms with van der Waals surface area (Å²) in [6.45, 7) is 1.83. The van der Waals surface area contributed by atoms with Gasteiger partial charge in [-0.05, 0) is 55.0 Å². The molecule has 8 nitrogen and oxygen atoms in total. The van der Waals surface area contributed by atoms with E-state index in [0.717, 1.165) is 17.3 Å². The lowest BCUT2D eigenvalue weighted by molar-refractivity contribution is -0.384. The largest absolute Gasteiger partial charge is 0.322 e. The minimum Gasteiger partial charge on any atom is -0.322 e. The first-order valence-electron chi connectivity index (χ1n) is 8.71. The second kappa shape index (κ2) is 7.74. The van der Waals surface area contributed by atoms with E-state index in [0.29, 0.717) is 21.7 Å². The molecule has 0 aliphatic heterocycles. The molecule has 1 aromatic heterocycles. The van der Waals surface area contributed by atoms with E-state index >= 15 is 0 Å². The lowest BCUT2D eigenvalue weighted by Gasteiger charge is -2.09. The number of nitrogens with zero attached hydrogens (tertiary/aromatic N) is 4. The van der Waals surface area contributed by atoms with Crippen molar-refractivity contribution in [1.82, 2.24) is 15.0 Å². The number of anilines is 1. The molecule has 0 bridgehead atoms. The monoisotopic (exact) mass is 441 g/mol. The van der Waals surface area contributed by atoms with Crippen LogP contribution < -0.4 is 5.32 Å². The third-order valence-electron chi connectivity index (χ3n) is 4.44.